The Labute approximate surface area is 224 Å². The topological polar surface area (TPSA) is 49.4 Å². The van der Waals surface area contributed by atoms with Gasteiger partial charge in [-0.15, -0.1) is 0 Å². The molecule has 2 amide bonds. The van der Waals surface area contributed by atoms with E-state index in [1.165, 1.54) is 13.0 Å². The zero-order valence-corrected chi connectivity index (χ0v) is 22.3. The Kier molecular flexibility index (Phi) is 9.18. The van der Waals surface area contributed by atoms with E-state index in [-0.39, 0.29) is 38.5 Å². The molecular weight excluding hydrogens is 592 g/mol. The first-order chi connectivity index (χ1) is 16.4. The van der Waals surface area contributed by atoms with Crippen LogP contribution in [0.3, 0.4) is 0 Å². The van der Waals surface area contributed by atoms with Crippen LogP contribution in [-0.2, 0) is 4.79 Å². The SMILES string of the molecule is CC(=O)N1CCC(NC(=O)c2ccc(C=CC(c3cc(Cl)c(Cl)c(Cl)c3)C(F)(F)F)cc2Br)CC1. The fourth-order valence-electron chi connectivity index (χ4n) is 3.79. The summed E-state index contributed by atoms with van der Waals surface area (Å²) in [5, 5.41) is 2.81. The van der Waals surface area contributed by atoms with Crippen LogP contribution in [0, 0.1) is 0 Å². The highest BCUT2D eigenvalue weighted by Crippen LogP contribution is 2.41. The first-order valence-corrected chi connectivity index (χ1v) is 12.5. The van der Waals surface area contributed by atoms with Crippen molar-refractivity contribution < 1.29 is 22.8 Å². The molecule has 1 aliphatic rings. The number of likely N-dealkylation sites (tertiary alicyclic amines) is 1. The van der Waals surface area contributed by atoms with Gasteiger partial charge in [0.25, 0.3) is 5.91 Å². The van der Waals surface area contributed by atoms with E-state index in [1.54, 1.807) is 23.1 Å². The van der Waals surface area contributed by atoms with Crippen molar-refractivity contribution in [3.8, 4) is 0 Å². The number of benzene rings is 2. The minimum atomic E-state index is -4.59. The molecule has 0 aliphatic carbocycles. The third kappa shape index (κ3) is 7.15. The molecule has 1 unspecified atom stereocenters. The van der Waals surface area contributed by atoms with Gasteiger partial charge in [0.2, 0.25) is 5.91 Å². The van der Waals surface area contributed by atoms with Gasteiger partial charge in [-0.05, 0) is 64.2 Å². The summed E-state index contributed by atoms with van der Waals surface area (Å²) in [6.45, 7) is 2.67. The average molecular weight is 613 g/mol. The molecule has 1 atom stereocenters. The zero-order valence-electron chi connectivity index (χ0n) is 18.4. The van der Waals surface area contributed by atoms with Gasteiger partial charge in [-0.3, -0.25) is 9.59 Å². The van der Waals surface area contributed by atoms with Crippen molar-refractivity contribution in [3.05, 3.63) is 72.6 Å². The minimum absolute atomic E-state index is 0.0100. The van der Waals surface area contributed by atoms with Crippen molar-refractivity contribution in [3.63, 3.8) is 0 Å². The number of carbonyl (C=O) groups is 2. The summed E-state index contributed by atoms with van der Waals surface area (Å²) in [6.07, 6.45) is -0.965. The van der Waals surface area contributed by atoms with Gasteiger partial charge >= 0.3 is 6.18 Å². The Morgan fingerprint density at radius 1 is 1.11 bits per heavy atom. The van der Waals surface area contributed by atoms with Crippen LogP contribution in [0.1, 0.15) is 47.2 Å². The Morgan fingerprint density at radius 3 is 2.23 bits per heavy atom. The van der Waals surface area contributed by atoms with Gasteiger partial charge in [-0.2, -0.15) is 13.2 Å². The number of nitrogens with one attached hydrogen (secondary N) is 1. The van der Waals surface area contributed by atoms with Gasteiger partial charge in [0.1, 0.15) is 0 Å². The van der Waals surface area contributed by atoms with E-state index in [0.29, 0.717) is 41.5 Å². The second kappa shape index (κ2) is 11.5. The molecule has 0 aromatic heterocycles. The molecule has 35 heavy (non-hydrogen) atoms. The molecule has 4 nitrogen and oxygen atoms in total. The molecule has 11 heteroatoms. The van der Waals surface area contributed by atoms with E-state index in [2.05, 4.69) is 21.2 Å². The van der Waals surface area contributed by atoms with E-state index in [4.69, 9.17) is 34.8 Å². The third-order valence-electron chi connectivity index (χ3n) is 5.71. The van der Waals surface area contributed by atoms with E-state index < -0.39 is 12.1 Å². The number of alkyl halides is 3. The first-order valence-electron chi connectivity index (χ1n) is 10.6. The molecule has 188 valence electrons. The highest BCUT2D eigenvalue weighted by atomic mass is 79.9. The molecule has 0 saturated carbocycles. The van der Waals surface area contributed by atoms with Crippen molar-refractivity contribution in [2.75, 3.05) is 13.1 Å². The summed E-state index contributed by atoms with van der Waals surface area (Å²) >= 11 is 21.0. The number of allylic oxidation sites excluding steroid dienone is 1. The maximum absolute atomic E-state index is 13.8. The maximum Gasteiger partial charge on any atom is 0.399 e. The van der Waals surface area contributed by atoms with E-state index in [0.717, 1.165) is 18.2 Å². The van der Waals surface area contributed by atoms with Gasteiger partial charge in [0.05, 0.1) is 26.5 Å². The Hall–Kier alpha value is -1.74. The lowest BCUT2D eigenvalue weighted by molar-refractivity contribution is -0.139. The molecule has 1 N–H and O–H groups in total. The van der Waals surface area contributed by atoms with Crippen molar-refractivity contribution >= 4 is 68.6 Å². The fraction of sp³-hybridized carbons (Fsp3) is 0.333. The predicted molar refractivity (Wildman–Crippen MR) is 136 cm³/mol. The Balaban J connectivity index is 1.74. The number of nitrogens with zero attached hydrogens (tertiary/aromatic N) is 1. The van der Waals surface area contributed by atoms with E-state index >= 15 is 0 Å². The normalized spacial score (nSPS) is 15.9. The number of hydrogen-bond donors (Lipinski definition) is 1. The summed E-state index contributed by atoms with van der Waals surface area (Å²) in [7, 11) is 0. The molecule has 1 aliphatic heterocycles. The molecule has 0 radical (unpaired) electrons. The second-order valence-corrected chi connectivity index (χ2v) is 10.2. The zero-order chi connectivity index (χ0) is 25.9. The van der Waals surface area contributed by atoms with Crippen LogP contribution in [-0.4, -0.2) is 42.0 Å². The number of piperidine rings is 1. The van der Waals surface area contributed by atoms with Gasteiger partial charge in [0, 0.05) is 30.5 Å². The van der Waals surface area contributed by atoms with Crippen LogP contribution in [0.25, 0.3) is 6.08 Å². The van der Waals surface area contributed by atoms with Gasteiger partial charge in [-0.1, -0.05) is 53.0 Å². The largest absolute Gasteiger partial charge is 0.399 e. The highest BCUT2D eigenvalue weighted by Gasteiger charge is 2.39. The lowest BCUT2D eigenvalue weighted by Crippen LogP contribution is -2.46. The third-order valence-corrected chi connectivity index (χ3v) is 7.57. The van der Waals surface area contributed by atoms with Crippen LogP contribution in [0.4, 0.5) is 13.2 Å². The van der Waals surface area contributed by atoms with E-state index in [9.17, 15) is 22.8 Å². The molecule has 3 rings (SSSR count). The fourth-order valence-corrected chi connectivity index (χ4v) is 4.98. The van der Waals surface area contributed by atoms with Crippen molar-refractivity contribution in [2.24, 2.45) is 0 Å². The number of hydrogen-bond acceptors (Lipinski definition) is 2. The number of amides is 2. The molecule has 1 heterocycles. The lowest BCUT2D eigenvalue weighted by Gasteiger charge is -2.31. The Morgan fingerprint density at radius 2 is 1.71 bits per heavy atom. The monoisotopic (exact) mass is 610 g/mol. The van der Waals surface area contributed by atoms with Crippen LogP contribution >= 0.6 is 50.7 Å². The van der Waals surface area contributed by atoms with E-state index in [1.807, 2.05) is 0 Å². The summed E-state index contributed by atoms with van der Waals surface area (Å²) < 4.78 is 41.7. The van der Waals surface area contributed by atoms with Crippen LogP contribution in [0.15, 0.2) is 40.9 Å². The molecule has 0 spiro atoms. The molecule has 1 fully saturated rings. The van der Waals surface area contributed by atoms with Gasteiger partial charge in [-0.25, -0.2) is 0 Å². The minimum Gasteiger partial charge on any atom is -0.349 e. The van der Waals surface area contributed by atoms with Crippen molar-refractivity contribution in [2.45, 2.75) is 37.9 Å². The standard InChI is InChI=1S/C24H21BrCl3F3N2O2/c1-13(34)33-8-6-16(7-9-33)32-23(35)17-4-2-14(10-19(17)25)3-5-18(24(29,30)31)15-11-20(26)22(28)21(27)12-15/h2-5,10-12,16,18H,6-9H2,1H3,(H,32,35). The molecule has 2 aromatic rings. The lowest BCUT2D eigenvalue weighted by atomic mass is 9.97. The summed E-state index contributed by atoms with van der Waals surface area (Å²) in [6, 6.07) is 6.89. The van der Waals surface area contributed by atoms with Crippen molar-refractivity contribution in [1.82, 2.24) is 10.2 Å². The summed E-state index contributed by atoms with van der Waals surface area (Å²) in [5.74, 6) is -2.25. The highest BCUT2D eigenvalue weighted by molar-refractivity contribution is 9.10. The summed E-state index contributed by atoms with van der Waals surface area (Å²) in [5.41, 5.74) is 0.683. The quantitative estimate of drug-likeness (QED) is 0.356. The predicted octanol–water partition coefficient (Wildman–Crippen LogP) is 7.51. The van der Waals surface area contributed by atoms with Crippen molar-refractivity contribution in [1.29, 1.82) is 0 Å². The smallest absolute Gasteiger partial charge is 0.349 e. The van der Waals surface area contributed by atoms with Crippen LogP contribution < -0.4 is 5.32 Å². The molecule has 2 aromatic carbocycles. The van der Waals surface area contributed by atoms with Gasteiger partial charge in [0.15, 0.2) is 0 Å². The second-order valence-electron chi connectivity index (χ2n) is 8.17. The molecular formula is C24H21BrCl3F3N2O2. The number of halogens is 7. The van der Waals surface area contributed by atoms with Gasteiger partial charge < -0.3 is 10.2 Å². The maximum atomic E-state index is 13.8. The number of rotatable bonds is 5. The van der Waals surface area contributed by atoms with Crippen LogP contribution in [0.5, 0.6) is 0 Å². The molecule has 0 bridgehead atoms. The first kappa shape index (κ1) is 27.8. The summed E-state index contributed by atoms with van der Waals surface area (Å²) in [4.78, 5) is 25.9. The number of carbonyl (C=O) groups excluding carboxylic acids is 2. The average Bonchev–Trinajstić information content (AvgIpc) is 2.77. The molecule has 1 saturated heterocycles. The van der Waals surface area contributed by atoms with Crippen LogP contribution in [0.2, 0.25) is 15.1 Å². The Bertz CT molecular complexity index is 1130.